The van der Waals surface area contributed by atoms with Crippen molar-refractivity contribution >= 4 is 16.0 Å². The number of unbranched alkanes of at least 4 members (excludes halogenated alkanes) is 12. The molecule has 0 amide bonds. The highest BCUT2D eigenvalue weighted by Gasteiger charge is 2.18. The van der Waals surface area contributed by atoms with Gasteiger partial charge in [0.15, 0.2) is 0 Å². The molecule has 0 rings (SSSR count). The van der Waals surface area contributed by atoms with Crippen LogP contribution >= 0.6 is 0 Å². The third-order valence-corrected chi connectivity index (χ3v) is 5.54. The minimum absolute atomic E-state index is 0.308. The van der Waals surface area contributed by atoms with E-state index in [2.05, 4.69) is 6.92 Å². The van der Waals surface area contributed by atoms with Gasteiger partial charge in [0.05, 0.1) is 6.26 Å². The molecule has 0 saturated heterocycles. The van der Waals surface area contributed by atoms with Crippen LogP contribution in [-0.4, -0.2) is 43.1 Å². The maximum absolute atomic E-state index is 11.5. The summed E-state index contributed by atoms with van der Waals surface area (Å²) in [5.41, 5.74) is 0. The number of aliphatic carboxylic acids is 1. The molecular formula is C18H37NO4S. The molecule has 144 valence electrons. The minimum atomic E-state index is -3.42. The zero-order valence-electron chi connectivity index (χ0n) is 15.6. The number of carbonyl (C=O) groups is 1. The average Bonchev–Trinajstić information content (AvgIpc) is 2.49. The summed E-state index contributed by atoms with van der Waals surface area (Å²) in [6.45, 7) is 2.12. The molecule has 0 atom stereocenters. The Morgan fingerprint density at radius 1 is 0.792 bits per heavy atom. The van der Waals surface area contributed by atoms with Crippen molar-refractivity contribution in [3.63, 3.8) is 0 Å². The number of nitrogens with zero attached hydrogens (tertiary/aromatic N) is 1. The standard InChI is InChI=1S/C18H37NO4S/c1-3-4-5-6-7-8-9-10-11-12-13-14-15-16-19(17-18(20)21)24(2,22)23/h3-17H2,1-2H3,(H,20,21). The summed E-state index contributed by atoms with van der Waals surface area (Å²) >= 11 is 0. The van der Waals surface area contributed by atoms with Gasteiger partial charge in [0.2, 0.25) is 10.0 Å². The number of rotatable bonds is 17. The maximum Gasteiger partial charge on any atom is 0.318 e. The SMILES string of the molecule is CCCCCCCCCCCCCCCN(CC(=O)O)S(C)(=O)=O. The Morgan fingerprint density at radius 3 is 1.50 bits per heavy atom. The molecule has 0 heterocycles. The van der Waals surface area contributed by atoms with Crippen molar-refractivity contribution in [3.05, 3.63) is 0 Å². The Labute approximate surface area is 148 Å². The molecule has 0 aromatic carbocycles. The third kappa shape index (κ3) is 14.9. The van der Waals surface area contributed by atoms with E-state index in [1.165, 1.54) is 64.2 Å². The summed E-state index contributed by atoms with van der Waals surface area (Å²) in [4.78, 5) is 10.7. The van der Waals surface area contributed by atoms with E-state index in [1.54, 1.807) is 0 Å². The van der Waals surface area contributed by atoms with Crippen LogP contribution in [0.3, 0.4) is 0 Å². The van der Waals surface area contributed by atoms with Gasteiger partial charge in [-0.3, -0.25) is 4.79 Å². The fourth-order valence-corrected chi connectivity index (χ4v) is 3.62. The second-order valence-corrected chi connectivity index (χ2v) is 8.72. The van der Waals surface area contributed by atoms with Gasteiger partial charge in [0.1, 0.15) is 6.54 Å². The molecule has 24 heavy (non-hydrogen) atoms. The van der Waals surface area contributed by atoms with Crippen LogP contribution < -0.4 is 0 Å². The first-order valence-electron chi connectivity index (χ1n) is 9.55. The molecule has 0 radical (unpaired) electrons. The van der Waals surface area contributed by atoms with Crippen molar-refractivity contribution in [3.8, 4) is 0 Å². The second-order valence-electron chi connectivity index (χ2n) is 6.73. The lowest BCUT2D eigenvalue weighted by atomic mass is 10.0. The normalized spacial score (nSPS) is 12.0. The first-order chi connectivity index (χ1) is 11.4. The van der Waals surface area contributed by atoms with Gasteiger partial charge in [-0.1, -0.05) is 84.0 Å². The van der Waals surface area contributed by atoms with Crippen molar-refractivity contribution in [2.75, 3.05) is 19.3 Å². The van der Waals surface area contributed by atoms with E-state index in [0.29, 0.717) is 6.54 Å². The molecule has 0 aromatic heterocycles. The third-order valence-electron chi connectivity index (χ3n) is 4.29. The van der Waals surface area contributed by atoms with Gasteiger partial charge in [0.25, 0.3) is 0 Å². The molecule has 0 aromatic rings. The molecule has 0 spiro atoms. The molecule has 0 aliphatic heterocycles. The van der Waals surface area contributed by atoms with Gasteiger partial charge >= 0.3 is 5.97 Å². The Kier molecular flexibility index (Phi) is 14.3. The topological polar surface area (TPSA) is 74.7 Å². The largest absolute Gasteiger partial charge is 0.480 e. The smallest absolute Gasteiger partial charge is 0.318 e. The molecule has 0 unspecified atom stereocenters. The van der Waals surface area contributed by atoms with Crippen LogP contribution in [0, 0.1) is 0 Å². The fourth-order valence-electron chi connectivity index (χ4n) is 2.82. The summed E-state index contributed by atoms with van der Waals surface area (Å²) in [6.07, 6.45) is 17.1. The van der Waals surface area contributed by atoms with Gasteiger partial charge in [-0.25, -0.2) is 8.42 Å². The lowest BCUT2D eigenvalue weighted by Crippen LogP contribution is -2.35. The first kappa shape index (κ1) is 23.4. The molecule has 0 fully saturated rings. The van der Waals surface area contributed by atoms with Crippen molar-refractivity contribution < 1.29 is 18.3 Å². The number of sulfonamides is 1. The summed E-state index contributed by atoms with van der Waals surface area (Å²) in [5, 5.41) is 8.74. The van der Waals surface area contributed by atoms with Gasteiger partial charge in [-0.05, 0) is 6.42 Å². The Hall–Kier alpha value is -0.620. The van der Waals surface area contributed by atoms with E-state index < -0.39 is 22.5 Å². The molecule has 0 saturated carbocycles. The Balaban J connectivity index is 3.48. The number of carboxylic acid groups (broad SMARTS) is 1. The highest BCUT2D eigenvalue weighted by molar-refractivity contribution is 7.88. The molecule has 0 aliphatic carbocycles. The Bertz CT molecular complexity index is 409. The maximum atomic E-state index is 11.5. The van der Waals surface area contributed by atoms with E-state index in [0.717, 1.165) is 29.8 Å². The van der Waals surface area contributed by atoms with Gasteiger partial charge in [-0.2, -0.15) is 4.31 Å². The van der Waals surface area contributed by atoms with Gasteiger partial charge < -0.3 is 5.11 Å². The van der Waals surface area contributed by atoms with Crippen LogP contribution in [0.25, 0.3) is 0 Å². The lowest BCUT2D eigenvalue weighted by molar-refractivity contribution is -0.137. The van der Waals surface area contributed by atoms with Crippen LogP contribution in [0.2, 0.25) is 0 Å². The minimum Gasteiger partial charge on any atom is -0.480 e. The Morgan fingerprint density at radius 2 is 1.17 bits per heavy atom. The molecule has 1 N–H and O–H groups in total. The van der Waals surface area contributed by atoms with Gasteiger partial charge in [-0.15, -0.1) is 0 Å². The number of carboxylic acids is 1. The first-order valence-corrected chi connectivity index (χ1v) is 11.4. The second kappa shape index (κ2) is 14.7. The van der Waals surface area contributed by atoms with E-state index in [-0.39, 0.29) is 0 Å². The summed E-state index contributed by atoms with van der Waals surface area (Å²) < 4.78 is 24.0. The number of hydrogen-bond donors (Lipinski definition) is 1. The van der Waals surface area contributed by atoms with Crippen LogP contribution in [0.4, 0.5) is 0 Å². The fraction of sp³-hybridized carbons (Fsp3) is 0.944. The van der Waals surface area contributed by atoms with E-state index in [4.69, 9.17) is 5.11 Å². The van der Waals surface area contributed by atoms with Crippen LogP contribution in [0.1, 0.15) is 90.4 Å². The average molecular weight is 364 g/mol. The molecular weight excluding hydrogens is 326 g/mol. The van der Waals surface area contributed by atoms with Crippen LogP contribution in [0.5, 0.6) is 0 Å². The zero-order valence-corrected chi connectivity index (χ0v) is 16.5. The summed E-state index contributed by atoms with van der Waals surface area (Å²) in [6, 6.07) is 0. The lowest BCUT2D eigenvalue weighted by Gasteiger charge is -2.17. The predicted molar refractivity (Wildman–Crippen MR) is 99.7 cm³/mol. The van der Waals surface area contributed by atoms with E-state index in [1.807, 2.05) is 0 Å². The molecule has 0 bridgehead atoms. The van der Waals surface area contributed by atoms with E-state index >= 15 is 0 Å². The molecule has 6 heteroatoms. The van der Waals surface area contributed by atoms with Crippen molar-refractivity contribution in [1.29, 1.82) is 0 Å². The summed E-state index contributed by atoms with van der Waals surface area (Å²) in [5.74, 6) is -1.10. The molecule has 0 aliphatic rings. The predicted octanol–water partition coefficient (Wildman–Crippen LogP) is 4.42. The van der Waals surface area contributed by atoms with Crippen molar-refractivity contribution in [1.82, 2.24) is 4.31 Å². The monoisotopic (exact) mass is 363 g/mol. The highest BCUT2D eigenvalue weighted by Crippen LogP contribution is 2.13. The van der Waals surface area contributed by atoms with Crippen LogP contribution in [0.15, 0.2) is 0 Å². The van der Waals surface area contributed by atoms with Crippen LogP contribution in [-0.2, 0) is 14.8 Å². The van der Waals surface area contributed by atoms with Crippen molar-refractivity contribution in [2.45, 2.75) is 90.4 Å². The number of hydrogen-bond acceptors (Lipinski definition) is 3. The molecule has 5 nitrogen and oxygen atoms in total. The highest BCUT2D eigenvalue weighted by atomic mass is 32.2. The van der Waals surface area contributed by atoms with Crippen molar-refractivity contribution in [2.24, 2.45) is 0 Å². The quantitative estimate of drug-likeness (QED) is 0.388. The van der Waals surface area contributed by atoms with E-state index in [9.17, 15) is 13.2 Å². The zero-order chi connectivity index (χ0) is 18.3. The summed E-state index contributed by atoms with van der Waals surface area (Å²) in [7, 11) is -3.42. The van der Waals surface area contributed by atoms with Gasteiger partial charge in [0, 0.05) is 6.54 Å².